The highest BCUT2D eigenvalue weighted by atomic mass is 32.2. The van der Waals surface area contributed by atoms with Gasteiger partial charge in [-0.2, -0.15) is 0 Å². The zero-order chi connectivity index (χ0) is 20.2. The summed E-state index contributed by atoms with van der Waals surface area (Å²) in [7, 11) is -0.781. The molecule has 0 bridgehead atoms. The first-order valence-electron chi connectivity index (χ1n) is 9.36. The first kappa shape index (κ1) is 19.3. The second kappa shape index (κ2) is 7.08. The van der Waals surface area contributed by atoms with Gasteiger partial charge in [-0.3, -0.25) is 14.4 Å². The van der Waals surface area contributed by atoms with E-state index in [-0.39, 0.29) is 17.9 Å². The van der Waals surface area contributed by atoms with Crippen LogP contribution >= 0.6 is 11.3 Å². The molecule has 2 N–H and O–H groups in total. The number of benzene rings is 1. The van der Waals surface area contributed by atoms with Crippen molar-refractivity contribution in [2.24, 2.45) is 5.92 Å². The van der Waals surface area contributed by atoms with Crippen LogP contribution in [0.25, 0.3) is 10.4 Å². The fraction of sp³-hybridized carbons (Fsp3) is 0.450. The van der Waals surface area contributed by atoms with Crippen LogP contribution < -0.4 is 5.32 Å². The number of amides is 2. The molecule has 1 aromatic carbocycles. The van der Waals surface area contributed by atoms with Crippen molar-refractivity contribution >= 4 is 39.0 Å². The van der Waals surface area contributed by atoms with Crippen LogP contribution in [0.4, 0.5) is 5.13 Å². The molecule has 2 atom stereocenters. The van der Waals surface area contributed by atoms with Crippen molar-refractivity contribution in [3.8, 4) is 10.4 Å². The molecule has 0 saturated heterocycles. The van der Waals surface area contributed by atoms with E-state index >= 15 is 0 Å². The molecule has 148 valence electrons. The maximum absolute atomic E-state index is 13.1. The number of aryl methyl sites for hydroxylation is 1. The SMILES string of the molecule is CC(=O)Nc1nc(C)c(-c2cc3c(c([S@](C)=N)c2)C(=O)N([C@@H](C)C2CC2)C3)s1. The first-order valence-corrected chi connectivity index (χ1v) is 11.8. The molecule has 1 aromatic heterocycles. The van der Waals surface area contributed by atoms with E-state index in [1.165, 1.54) is 31.1 Å². The number of thiazole rings is 1. The Balaban J connectivity index is 1.77. The largest absolute Gasteiger partial charge is 0.331 e. The van der Waals surface area contributed by atoms with Crippen molar-refractivity contribution in [1.82, 2.24) is 9.88 Å². The molecule has 2 heterocycles. The van der Waals surface area contributed by atoms with Gasteiger partial charge in [0.2, 0.25) is 5.91 Å². The number of rotatable bonds is 5. The van der Waals surface area contributed by atoms with Crippen LogP contribution in [0.5, 0.6) is 0 Å². The first-order chi connectivity index (χ1) is 13.3. The summed E-state index contributed by atoms with van der Waals surface area (Å²) in [6, 6.07) is 4.29. The maximum Gasteiger partial charge on any atom is 0.255 e. The fourth-order valence-corrected chi connectivity index (χ4v) is 5.67. The van der Waals surface area contributed by atoms with E-state index in [9.17, 15) is 9.59 Å². The number of aromatic nitrogens is 1. The van der Waals surface area contributed by atoms with Crippen LogP contribution in [0.2, 0.25) is 0 Å². The molecule has 1 aliphatic carbocycles. The molecule has 0 radical (unpaired) electrons. The molecular weight excluding hydrogens is 392 g/mol. The minimum atomic E-state index is -0.781. The minimum Gasteiger partial charge on any atom is -0.331 e. The molecular formula is C20H24N4O2S2. The van der Waals surface area contributed by atoms with Gasteiger partial charge in [0.05, 0.1) is 16.1 Å². The molecule has 28 heavy (non-hydrogen) atoms. The quantitative estimate of drug-likeness (QED) is 0.766. The molecule has 4 rings (SSSR count). The molecule has 1 fully saturated rings. The predicted molar refractivity (Wildman–Crippen MR) is 113 cm³/mol. The average Bonchev–Trinajstić information content (AvgIpc) is 3.33. The summed E-state index contributed by atoms with van der Waals surface area (Å²) in [4.78, 5) is 32.7. The van der Waals surface area contributed by atoms with Gasteiger partial charge < -0.3 is 10.2 Å². The Kier molecular flexibility index (Phi) is 4.87. The van der Waals surface area contributed by atoms with Crippen LogP contribution in [0.1, 0.15) is 48.3 Å². The summed E-state index contributed by atoms with van der Waals surface area (Å²) in [5, 5.41) is 3.32. The van der Waals surface area contributed by atoms with E-state index in [2.05, 4.69) is 23.3 Å². The summed E-state index contributed by atoms with van der Waals surface area (Å²) >= 11 is 1.43. The smallest absolute Gasteiger partial charge is 0.255 e. The summed E-state index contributed by atoms with van der Waals surface area (Å²) < 4.78 is 8.35. The molecule has 2 aromatic rings. The van der Waals surface area contributed by atoms with Crippen molar-refractivity contribution in [2.45, 2.75) is 51.1 Å². The molecule has 1 saturated carbocycles. The number of carbonyl (C=O) groups excluding carboxylic acids is 2. The highest BCUT2D eigenvalue weighted by Gasteiger charge is 2.40. The molecule has 0 spiro atoms. The van der Waals surface area contributed by atoms with Crippen LogP contribution in [0.15, 0.2) is 17.0 Å². The number of fused-ring (bicyclic) bond motifs is 1. The standard InChI is InChI=1S/C20H24N4O2S2/c1-10-18(27-20(22-10)23-12(3)25)14-7-15-9-24(11(2)13-5-6-13)19(26)17(15)16(8-14)28(4)21/h7-8,11,13,21H,5-6,9H2,1-4H3,(H,22,23,25)/t11-,28-/m0/s1. The Morgan fingerprint density at radius 2 is 2.14 bits per heavy atom. The topological polar surface area (TPSA) is 86.1 Å². The fourth-order valence-electron chi connectivity index (χ4n) is 3.84. The third-order valence-electron chi connectivity index (χ3n) is 5.47. The van der Waals surface area contributed by atoms with Crippen LogP contribution in [0, 0.1) is 17.6 Å². The van der Waals surface area contributed by atoms with E-state index in [4.69, 9.17) is 4.78 Å². The van der Waals surface area contributed by atoms with Gasteiger partial charge in [0.1, 0.15) is 0 Å². The van der Waals surface area contributed by atoms with Gasteiger partial charge in [-0.25, -0.2) is 4.98 Å². The van der Waals surface area contributed by atoms with Crippen LogP contribution in [-0.2, 0) is 22.0 Å². The van der Waals surface area contributed by atoms with Gasteiger partial charge >= 0.3 is 0 Å². The zero-order valence-corrected chi connectivity index (χ0v) is 18.1. The molecule has 0 unspecified atom stereocenters. The third kappa shape index (κ3) is 3.39. The monoisotopic (exact) mass is 416 g/mol. The molecule has 1 aliphatic heterocycles. The average molecular weight is 417 g/mol. The lowest BCUT2D eigenvalue weighted by atomic mass is 10.0. The number of anilines is 1. The van der Waals surface area contributed by atoms with Crippen molar-refractivity contribution < 1.29 is 9.59 Å². The van der Waals surface area contributed by atoms with Gasteiger partial charge in [0.15, 0.2) is 5.13 Å². The Morgan fingerprint density at radius 1 is 1.43 bits per heavy atom. The summed E-state index contributed by atoms with van der Waals surface area (Å²) in [6.07, 6.45) is 4.23. The number of hydrogen-bond donors (Lipinski definition) is 2. The number of nitrogens with one attached hydrogen (secondary N) is 2. The Bertz CT molecular complexity index is 1010. The van der Waals surface area contributed by atoms with Crippen LogP contribution in [0.3, 0.4) is 0 Å². The van der Waals surface area contributed by atoms with Gasteiger partial charge in [-0.05, 0) is 62.1 Å². The van der Waals surface area contributed by atoms with Crippen molar-refractivity contribution in [3.63, 3.8) is 0 Å². The van der Waals surface area contributed by atoms with Crippen molar-refractivity contribution in [2.75, 3.05) is 11.6 Å². The second-order valence-electron chi connectivity index (χ2n) is 7.64. The van der Waals surface area contributed by atoms with Crippen LogP contribution in [-0.4, -0.2) is 34.0 Å². The zero-order valence-electron chi connectivity index (χ0n) is 16.5. The highest BCUT2D eigenvalue weighted by molar-refractivity contribution is 7.85. The Hall–Kier alpha value is -2.06. The molecule has 2 aliphatic rings. The normalized spacial score (nSPS) is 18.1. The van der Waals surface area contributed by atoms with Crippen molar-refractivity contribution in [3.05, 3.63) is 29.0 Å². The van der Waals surface area contributed by atoms with E-state index in [1.54, 1.807) is 0 Å². The predicted octanol–water partition coefficient (Wildman–Crippen LogP) is 4.20. The van der Waals surface area contributed by atoms with E-state index < -0.39 is 10.7 Å². The lowest BCUT2D eigenvalue weighted by Crippen LogP contribution is -2.34. The van der Waals surface area contributed by atoms with Gasteiger partial charge in [-0.15, -0.1) is 0 Å². The molecule has 6 nitrogen and oxygen atoms in total. The van der Waals surface area contributed by atoms with Crippen molar-refractivity contribution in [1.29, 1.82) is 4.78 Å². The van der Waals surface area contributed by atoms with Gasteiger partial charge in [0.25, 0.3) is 5.91 Å². The van der Waals surface area contributed by atoms with Gasteiger partial charge in [-0.1, -0.05) is 22.0 Å². The Morgan fingerprint density at radius 3 is 2.75 bits per heavy atom. The molecule has 2 amide bonds. The lowest BCUT2D eigenvalue weighted by Gasteiger charge is -2.24. The summed E-state index contributed by atoms with van der Waals surface area (Å²) in [5.74, 6) is 0.537. The maximum atomic E-state index is 13.1. The molecule has 8 heteroatoms. The number of hydrogen-bond acceptors (Lipinski definition) is 5. The number of nitrogens with zero attached hydrogens (tertiary/aromatic N) is 2. The minimum absolute atomic E-state index is 0.0718. The van der Waals surface area contributed by atoms with E-state index in [0.29, 0.717) is 17.6 Å². The van der Waals surface area contributed by atoms with E-state index in [0.717, 1.165) is 32.2 Å². The van der Waals surface area contributed by atoms with Gasteiger partial charge in [0, 0.05) is 24.4 Å². The summed E-state index contributed by atoms with van der Waals surface area (Å²) in [5.41, 5.74) is 3.54. The highest BCUT2D eigenvalue weighted by Crippen LogP contribution is 2.41. The Labute approximate surface area is 171 Å². The second-order valence-corrected chi connectivity index (χ2v) is 10.1. The third-order valence-corrected chi connectivity index (χ3v) is 7.57. The van der Waals surface area contributed by atoms with E-state index in [1.807, 2.05) is 24.1 Å². The summed E-state index contributed by atoms with van der Waals surface area (Å²) in [6.45, 7) is 6.14. The lowest BCUT2D eigenvalue weighted by molar-refractivity contribution is -0.114. The number of carbonyl (C=O) groups is 2.